The van der Waals surface area contributed by atoms with Gasteiger partial charge in [-0.1, -0.05) is 18.2 Å². The highest BCUT2D eigenvalue weighted by molar-refractivity contribution is 5.84. The van der Waals surface area contributed by atoms with Crippen molar-refractivity contribution in [2.24, 2.45) is 0 Å². The Hall–Kier alpha value is -2.09. The van der Waals surface area contributed by atoms with Crippen LogP contribution in [0.2, 0.25) is 0 Å². The summed E-state index contributed by atoms with van der Waals surface area (Å²) in [7, 11) is 1.67. The van der Waals surface area contributed by atoms with Crippen molar-refractivity contribution in [2.75, 3.05) is 7.11 Å². The molecule has 0 heterocycles. The van der Waals surface area contributed by atoms with Gasteiger partial charge in [0.2, 0.25) is 0 Å². The van der Waals surface area contributed by atoms with E-state index >= 15 is 0 Å². The van der Waals surface area contributed by atoms with Gasteiger partial charge in [-0.3, -0.25) is 4.79 Å². The maximum absolute atomic E-state index is 11.1. The first-order valence-corrected chi connectivity index (χ1v) is 6.29. The molecule has 98 valence electrons. The van der Waals surface area contributed by atoms with Crippen LogP contribution in [-0.2, 0) is 0 Å². The summed E-state index contributed by atoms with van der Waals surface area (Å²) in [6, 6.07) is 9.88. The summed E-state index contributed by atoms with van der Waals surface area (Å²) < 4.78 is 5.29. The Morgan fingerprint density at radius 2 is 1.68 bits per heavy atom. The third-order valence-corrected chi connectivity index (χ3v) is 3.51. The summed E-state index contributed by atoms with van der Waals surface area (Å²) in [6.45, 7) is 6.12. The first-order valence-electron chi connectivity index (χ1n) is 6.29. The van der Waals surface area contributed by atoms with E-state index in [9.17, 15) is 4.79 Å². The van der Waals surface area contributed by atoms with Crippen molar-refractivity contribution in [3.63, 3.8) is 0 Å². The van der Waals surface area contributed by atoms with Crippen LogP contribution in [0.15, 0.2) is 30.3 Å². The third kappa shape index (κ3) is 2.39. The molecule has 0 aliphatic carbocycles. The second-order valence-corrected chi connectivity index (χ2v) is 4.77. The van der Waals surface area contributed by atoms with E-state index in [1.165, 1.54) is 5.56 Å². The molecule has 2 aromatic carbocycles. The maximum atomic E-state index is 11.1. The molecule has 2 heteroatoms. The first-order chi connectivity index (χ1) is 9.08. The molecule has 0 bridgehead atoms. The van der Waals surface area contributed by atoms with Crippen LogP contribution in [0.3, 0.4) is 0 Å². The minimum absolute atomic E-state index is 0.743. The van der Waals surface area contributed by atoms with E-state index in [1.807, 2.05) is 31.2 Å². The Balaban J connectivity index is 2.69. The minimum atomic E-state index is 0.743. The first kappa shape index (κ1) is 13.3. The van der Waals surface area contributed by atoms with E-state index in [-0.39, 0.29) is 0 Å². The van der Waals surface area contributed by atoms with Gasteiger partial charge < -0.3 is 4.74 Å². The summed E-state index contributed by atoms with van der Waals surface area (Å²) in [6.07, 6.45) is 0.910. The smallest absolute Gasteiger partial charge is 0.150 e. The molecule has 2 nitrogen and oxygen atoms in total. The van der Waals surface area contributed by atoms with Crippen LogP contribution >= 0.6 is 0 Å². The molecule has 2 aromatic rings. The van der Waals surface area contributed by atoms with E-state index in [2.05, 4.69) is 19.9 Å². The van der Waals surface area contributed by atoms with Gasteiger partial charge in [-0.05, 0) is 60.7 Å². The number of carbonyl (C=O) groups excluding carboxylic acids is 1. The average molecular weight is 254 g/mol. The lowest BCUT2D eigenvalue weighted by Gasteiger charge is -2.15. The zero-order valence-electron chi connectivity index (χ0n) is 11.8. The Morgan fingerprint density at radius 3 is 2.21 bits per heavy atom. The molecule has 0 aromatic heterocycles. The molecule has 0 saturated heterocycles. The SMILES string of the molecule is COc1cc(C)c(-c2cccc(C=O)c2C)c(C)c1. The molecule has 0 saturated carbocycles. The average Bonchev–Trinajstić information content (AvgIpc) is 2.39. The molecule has 19 heavy (non-hydrogen) atoms. The van der Waals surface area contributed by atoms with Gasteiger partial charge in [0.05, 0.1) is 7.11 Å². The van der Waals surface area contributed by atoms with Gasteiger partial charge >= 0.3 is 0 Å². The van der Waals surface area contributed by atoms with Crippen molar-refractivity contribution in [2.45, 2.75) is 20.8 Å². The highest BCUT2D eigenvalue weighted by Gasteiger charge is 2.12. The van der Waals surface area contributed by atoms with E-state index in [1.54, 1.807) is 7.11 Å². The third-order valence-electron chi connectivity index (χ3n) is 3.51. The summed E-state index contributed by atoms with van der Waals surface area (Å²) in [4.78, 5) is 11.1. The fourth-order valence-corrected chi connectivity index (χ4v) is 2.52. The van der Waals surface area contributed by atoms with Gasteiger partial charge in [0.15, 0.2) is 0 Å². The molecule has 0 fully saturated rings. The Morgan fingerprint density at radius 1 is 1.05 bits per heavy atom. The zero-order valence-corrected chi connectivity index (χ0v) is 11.8. The fourth-order valence-electron chi connectivity index (χ4n) is 2.52. The van der Waals surface area contributed by atoms with E-state index < -0.39 is 0 Å². The Labute approximate surface area is 114 Å². The van der Waals surface area contributed by atoms with Crippen LogP contribution in [0.1, 0.15) is 27.0 Å². The lowest BCUT2D eigenvalue weighted by molar-refractivity contribution is 0.112. The van der Waals surface area contributed by atoms with Crippen molar-refractivity contribution in [3.05, 3.63) is 52.6 Å². The van der Waals surface area contributed by atoms with Crippen molar-refractivity contribution in [1.29, 1.82) is 0 Å². The van der Waals surface area contributed by atoms with Crippen molar-refractivity contribution >= 4 is 6.29 Å². The van der Waals surface area contributed by atoms with E-state index in [4.69, 9.17) is 4.74 Å². The molecular weight excluding hydrogens is 236 g/mol. The number of ether oxygens (including phenoxy) is 1. The minimum Gasteiger partial charge on any atom is -0.497 e. The second-order valence-electron chi connectivity index (χ2n) is 4.77. The molecule has 0 aliphatic rings. The number of carbonyl (C=O) groups is 1. The normalized spacial score (nSPS) is 10.3. The number of benzene rings is 2. The van der Waals surface area contributed by atoms with Gasteiger partial charge in [-0.15, -0.1) is 0 Å². The molecule has 0 atom stereocenters. The molecule has 0 spiro atoms. The van der Waals surface area contributed by atoms with Crippen LogP contribution in [0.25, 0.3) is 11.1 Å². The van der Waals surface area contributed by atoms with Gasteiger partial charge in [0.1, 0.15) is 12.0 Å². The fraction of sp³-hybridized carbons (Fsp3) is 0.235. The molecule has 0 unspecified atom stereocenters. The maximum Gasteiger partial charge on any atom is 0.150 e. The standard InChI is InChI=1S/C17H18O2/c1-11-8-15(19-4)9-12(2)17(11)16-7-5-6-14(10-18)13(16)3/h5-10H,1-4H3. The molecule has 0 radical (unpaired) electrons. The quantitative estimate of drug-likeness (QED) is 0.771. The largest absolute Gasteiger partial charge is 0.497 e. The predicted octanol–water partition coefficient (Wildman–Crippen LogP) is 4.10. The number of aldehydes is 1. The molecule has 0 N–H and O–H groups in total. The lowest BCUT2D eigenvalue weighted by Crippen LogP contribution is -1.96. The summed E-state index contributed by atoms with van der Waals surface area (Å²) in [5.41, 5.74) is 6.37. The van der Waals surface area contributed by atoms with Crippen LogP contribution in [0, 0.1) is 20.8 Å². The number of methoxy groups -OCH3 is 1. The van der Waals surface area contributed by atoms with Gasteiger partial charge in [-0.2, -0.15) is 0 Å². The Kier molecular flexibility index (Phi) is 3.70. The lowest BCUT2D eigenvalue weighted by atomic mass is 9.90. The van der Waals surface area contributed by atoms with Crippen LogP contribution < -0.4 is 4.74 Å². The monoisotopic (exact) mass is 254 g/mol. The second kappa shape index (κ2) is 5.27. The topological polar surface area (TPSA) is 26.3 Å². The van der Waals surface area contributed by atoms with Crippen molar-refractivity contribution in [3.8, 4) is 16.9 Å². The molecule has 0 amide bonds. The number of rotatable bonds is 3. The zero-order chi connectivity index (χ0) is 14.0. The number of aryl methyl sites for hydroxylation is 2. The van der Waals surface area contributed by atoms with Crippen LogP contribution in [0.4, 0.5) is 0 Å². The Bertz CT molecular complexity index is 604. The van der Waals surface area contributed by atoms with Gasteiger partial charge in [0, 0.05) is 5.56 Å². The predicted molar refractivity (Wildman–Crippen MR) is 78.0 cm³/mol. The van der Waals surface area contributed by atoms with Crippen molar-refractivity contribution in [1.82, 2.24) is 0 Å². The summed E-state index contributed by atoms with van der Waals surface area (Å²) in [5.74, 6) is 0.864. The molecule has 0 aliphatic heterocycles. The number of hydrogen-bond donors (Lipinski definition) is 0. The van der Waals surface area contributed by atoms with Crippen LogP contribution in [-0.4, -0.2) is 13.4 Å². The summed E-state index contributed by atoms with van der Waals surface area (Å²) >= 11 is 0. The molecular formula is C17H18O2. The van der Waals surface area contributed by atoms with Crippen molar-refractivity contribution < 1.29 is 9.53 Å². The highest BCUT2D eigenvalue weighted by atomic mass is 16.5. The molecule has 2 rings (SSSR count). The highest BCUT2D eigenvalue weighted by Crippen LogP contribution is 2.33. The van der Waals surface area contributed by atoms with E-state index in [0.29, 0.717) is 0 Å². The number of hydrogen-bond acceptors (Lipinski definition) is 2. The van der Waals surface area contributed by atoms with Gasteiger partial charge in [0.25, 0.3) is 0 Å². The van der Waals surface area contributed by atoms with E-state index in [0.717, 1.165) is 39.9 Å². The van der Waals surface area contributed by atoms with Crippen LogP contribution in [0.5, 0.6) is 5.75 Å². The summed E-state index contributed by atoms with van der Waals surface area (Å²) in [5, 5.41) is 0. The van der Waals surface area contributed by atoms with Gasteiger partial charge in [-0.25, -0.2) is 0 Å².